The molecular formula is C15H18O5. The number of aldehydes is 1. The number of carboxylic acids is 1. The number of hydrogen-bond donors (Lipinski definition) is 2. The van der Waals surface area contributed by atoms with E-state index in [-0.39, 0.29) is 12.5 Å². The van der Waals surface area contributed by atoms with E-state index >= 15 is 0 Å². The second-order valence-corrected chi connectivity index (χ2v) is 5.32. The maximum absolute atomic E-state index is 10.9. The van der Waals surface area contributed by atoms with Crippen LogP contribution in [0.4, 0.5) is 0 Å². The number of benzene rings is 1. The van der Waals surface area contributed by atoms with Crippen molar-refractivity contribution in [1.29, 1.82) is 0 Å². The van der Waals surface area contributed by atoms with Crippen molar-refractivity contribution in [2.24, 2.45) is 5.92 Å². The Morgan fingerprint density at radius 1 is 1.40 bits per heavy atom. The summed E-state index contributed by atoms with van der Waals surface area (Å²) in [5.41, 5.74) is -0.465. The molecule has 1 aliphatic rings. The molecule has 0 aliphatic heterocycles. The number of aliphatic hydroxyl groups is 1. The smallest absolute Gasteiger partial charge is 0.306 e. The third-order valence-electron chi connectivity index (χ3n) is 3.77. The van der Waals surface area contributed by atoms with Crippen LogP contribution in [0.25, 0.3) is 0 Å². The van der Waals surface area contributed by atoms with Crippen molar-refractivity contribution in [3.63, 3.8) is 0 Å². The highest BCUT2D eigenvalue weighted by Crippen LogP contribution is 2.32. The van der Waals surface area contributed by atoms with Crippen molar-refractivity contribution in [1.82, 2.24) is 0 Å². The minimum absolute atomic E-state index is 0.113. The van der Waals surface area contributed by atoms with Gasteiger partial charge >= 0.3 is 5.97 Å². The van der Waals surface area contributed by atoms with Crippen LogP contribution in [0.5, 0.6) is 5.75 Å². The average Bonchev–Trinajstić information content (AvgIpc) is 2.46. The van der Waals surface area contributed by atoms with E-state index in [1.807, 2.05) is 0 Å². The maximum Gasteiger partial charge on any atom is 0.306 e. The summed E-state index contributed by atoms with van der Waals surface area (Å²) in [6.07, 6.45) is 2.49. The molecule has 5 nitrogen and oxygen atoms in total. The number of carboxylic acid groups (broad SMARTS) is 1. The van der Waals surface area contributed by atoms with Gasteiger partial charge in [-0.15, -0.1) is 0 Å². The van der Waals surface area contributed by atoms with Gasteiger partial charge in [-0.2, -0.15) is 0 Å². The fourth-order valence-electron chi connectivity index (χ4n) is 2.44. The van der Waals surface area contributed by atoms with E-state index in [9.17, 15) is 14.7 Å². The Morgan fingerprint density at radius 2 is 2.10 bits per heavy atom. The van der Waals surface area contributed by atoms with Crippen molar-refractivity contribution < 1.29 is 24.5 Å². The molecule has 0 aromatic heterocycles. The summed E-state index contributed by atoms with van der Waals surface area (Å²) in [4.78, 5) is 21.5. The largest absolute Gasteiger partial charge is 0.491 e. The highest BCUT2D eigenvalue weighted by atomic mass is 16.5. The van der Waals surface area contributed by atoms with Crippen molar-refractivity contribution in [3.8, 4) is 5.75 Å². The van der Waals surface area contributed by atoms with Crippen LogP contribution in [0.3, 0.4) is 0 Å². The number of rotatable bonds is 5. The second kappa shape index (κ2) is 6.05. The Balaban J connectivity index is 1.90. The first kappa shape index (κ1) is 14.5. The van der Waals surface area contributed by atoms with Crippen molar-refractivity contribution in [3.05, 3.63) is 29.8 Å². The standard InChI is InChI=1S/C15H18O5/c16-9-11-2-1-3-13(8-11)20-10-15(19)6-4-12(5-7-15)14(17)18/h1-3,8-9,12,19H,4-7,10H2,(H,17,18). The third kappa shape index (κ3) is 3.57. The van der Waals surface area contributed by atoms with Gasteiger partial charge in [0.1, 0.15) is 18.6 Å². The summed E-state index contributed by atoms with van der Waals surface area (Å²) < 4.78 is 5.53. The Hall–Kier alpha value is -1.88. The topological polar surface area (TPSA) is 83.8 Å². The Kier molecular flexibility index (Phi) is 4.39. The van der Waals surface area contributed by atoms with Crippen LogP contribution in [-0.4, -0.2) is 34.7 Å². The molecular weight excluding hydrogens is 260 g/mol. The van der Waals surface area contributed by atoms with Crippen LogP contribution < -0.4 is 4.74 Å². The zero-order valence-corrected chi connectivity index (χ0v) is 11.1. The second-order valence-electron chi connectivity index (χ2n) is 5.32. The maximum atomic E-state index is 10.9. The molecule has 1 saturated carbocycles. The summed E-state index contributed by atoms with van der Waals surface area (Å²) in [7, 11) is 0. The van der Waals surface area contributed by atoms with Crippen LogP contribution >= 0.6 is 0 Å². The van der Waals surface area contributed by atoms with Crippen LogP contribution in [0.2, 0.25) is 0 Å². The number of aliphatic carboxylic acids is 1. The molecule has 1 aromatic rings. The van der Waals surface area contributed by atoms with Gasteiger partial charge < -0.3 is 14.9 Å². The van der Waals surface area contributed by atoms with Crippen molar-refractivity contribution in [2.75, 3.05) is 6.61 Å². The van der Waals surface area contributed by atoms with Crippen LogP contribution in [0.15, 0.2) is 24.3 Å². The van der Waals surface area contributed by atoms with Crippen molar-refractivity contribution >= 4 is 12.3 Å². The molecule has 0 spiro atoms. The summed E-state index contributed by atoms with van der Waals surface area (Å²) in [5, 5.41) is 19.3. The molecule has 0 bridgehead atoms. The number of carbonyl (C=O) groups excluding carboxylic acids is 1. The first-order valence-electron chi connectivity index (χ1n) is 6.66. The molecule has 0 amide bonds. The van der Waals surface area contributed by atoms with E-state index in [0.717, 1.165) is 6.29 Å². The number of hydrogen-bond acceptors (Lipinski definition) is 4. The quantitative estimate of drug-likeness (QED) is 0.803. The van der Waals surface area contributed by atoms with Gasteiger partial charge in [-0.05, 0) is 37.8 Å². The van der Waals surface area contributed by atoms with Crippen molar-refractivity contribution in [2.45, 2.75) is 31.3 Å². The first-order valence-corrected chi connectivity index (χ1v) is 6.66. The molecule has 5 heteroatoms. The molecule has 20 heavy (non-hydrogen) atoms. The molecule has 0 saturated heterocycles. The molecule has 0 heterocycles. The van der Waals surface area contributed by atoms with Gasteiger partial charge in [0.25, 0.3) is 0 Å². The lowest BCUT2D eigenvalue weighted by Gasteiger charge is -2.34. The van der Waals surface area contributed by atoms with E-state index < -0.39 is 11.6 Å². The first-order chi connectivity index (χ1) is 9.52. The molecule has 1 fully saturated rings. The molecule has 2 N–H and O–H groups in total. The zero-order chi connectivity index (χ0) is 14.6. The third-order valence-corrected chi connectivity index (χ3v) is 3.77. The predicted octanol–water partition coefficient (Wildman–Crippen LogP) is 1.88. The molecule has 1 aromatic carbocycles. The minimum Gasteiger partial charge on any atom is -0.491 e. The Bertz CT molecular complexity index is 489. The van der Waals surface area contributed by atoms with Crippen LogP contribution in [0.1, 0.15) is 36.0 Å². The van der Waals surface area contributed by atoms with Gasteiger partial charge in [0, 0.05) is 5.56 Å². The molecule has 0 radical (unpaired) electrons. The van der Waals surface area contributed by atoms with Gasteiger partial charge in [0.05, 0.1) is 11.5 Å². The monoisotopic (exact) mass is 278 g/mol. The molecule has 1 aliphatic carbocycles. The summed E-state index contributed by atoms with van der Waals surface area (Å²) in [5.74, 6) is -0.635. The lowest BCUT2D eigenvalue weighted by molar-refractivity contribution is -0.145. The number of ether oxygens (including phenoxy) is 1. The zero-order valence-electron chi connectivity index (χ0n) is 11.1. The fourth-order valence-corrected chi connectivity index (χ4v) is 2.44. The van der Waals surface area contributed by atoms with Gasteiger partial charge in [-0.3, -0.25) is 9.59 Å². The summed E-state index contributed by atoms with van der Waals surface area (Å²) >= 11 is 0. The van der Waals surface area contributed by atoms with E-state index in [4.69, 9.17) is 9.84 Å². The molecule has 0 atom stereocenters. The molecule has 108 valence electrons. The SMILES string of the molecule is O=Cc1cccc(OCC2(O)CCC(C(=O)O)CC2)c1. The summed E-state index contributed by atoms with van der Waals surface area (Å²) in [6.45, 7) is 0.113. The van der Waals surface area contributed by atoms with Gasteiger partial charge in [0.15, 0.2) is 0 Å². The lowest BCUT2D eigenvalue weighted by Crippen LogP contribution is -2.41. The highest BCUT2D eigenvalue weighted by molar-refractivity contribution is 5.75. The van der Waals surface area contributed by atoms with Crippen LogP contribution in [-0.2, 0) is 4.79 Å². The molecule has 2 rings (SSSR count). The lowest BCUT2D eigenvalue weighted by atomic mass is 9.79. The predicted molar refractivity (Wildman–Crippen MR) is 71.9 cm³/mol. The Labute approximate surface area is 117 Å². The van der Waals surface area contributed by atoms with E-state index in [0.29, 0.717) is 37.0 Å². The van der Waals surface area contributed by atoms with E-state index in [2.05, 4.69) is 0 Å². The Morgan fingerprint density at radius 3 is 2.70 bits per heavy atom. The summed E-state index contributed by atoms with van der Waals surface area (Å²) in [6, 6.07) is 6.72. The molecule has 0 unspecified atom stereocenters. The van der Waals surface area contributed by atoms with Gasteiger partial charge in [-0.25, -0.2) is 0 Å². The van der Waals surface area contributed by atoms with E-state index in [1.165, 1.54) is 0 Å². The van der Waals surface area contributed by atoms with E-state index in [1.54, 1.807) is 24.3 Å². The van der Waals surface area contributed by atoms with Crippen LogP contribution in [0, 0.1) is 5.92 Å². The normalized spacial score (nSPS) is 25.9. The highest BCUT2D eigenvalue weighted by Gasteiger charge is 2.36. The minimum atomic E-state index is -0.983. The number of carbonyl (C=O) groups is 2. The average molecular weight is 278 g/mol. The van der Waals surface area contributed by atoms with Gasteiger partial charge in [-0.1, -0.05) is 12.1 Å². The van der Waals surface area contributed by atoms with Gasteiger partial charge in [0.2, 0.25) is 0 Å². The fraction of sp³-hybridized carbons (Fsp3) is 0.467.